The first-order chi connectivity index (χ1) is 5.20. The highest BCUT2D eigenvalue weighted by atomic mass is 19.1. The summed E-state index contributed by atoms with van der Waals surface area (Å²) in [5.74, 6) is -0.205. The van der Waals surface area contributed by atoms with Crippen LogP contribution in [0.5, 0.6) is 0 Å². The van der Waals surface area contributed by atoms with Crippen molar-refractivity contribution in [3.05, 3.63) is 0 Å². The molecule has 1 aliphatic heterocycles. The molecule has 2 unspecified atom stereocenters. The van der Waals surface area contributed by atoms with Gasteiger partial charge in [0.2, 0.25) is 5.91 Å². The van der Waals surface area contributed by atoms with E-state index >= 15 is 0 Å². The molecule has 1 N–H and O–H groups in total. The van der Waals surface area contributed by atoms with E-state index in [2.05, 4.69) is 5.32 Å². The number of ether oxygens (including phenoxy) is 1. The molecule has 11 heavy (non-hydrogen) atoms. The lowest BCUT2D eigenvalue weighted by Gasteiger charge is -2.26. The molecule has 1 saturated heterocycles. The Bertz CT molecular complexity index is 151. The lowest BCUT2D eigenvalue weighted by molar-refractivity contribution is -0.121. The topological polar surface area (TPSA) is 38.3 Å². The highest BCUT2D eigenvalue weighted by molar-refractivity contribution is 5.73. The summed E-state index contributed by atoms with van der Waals surface area (Å²) in [5, 5.41) is 2.49. The molecule has 1 heterocycles. The summed E-state index contributed by atoms with van der Waals surface area (Å²) in [6.45, 7) is 2.12. The van der Waals surface area contributed by atoms with Gasteiger partial charge in [-0.05, 0) is 0 Å². The van der Waals surface area contributed by atoms with Gasteiger partial charge in [0.15, 0.2) is 0 Å². The van der Waals surface area contributed by atoms with Gasteiger partial charge in [-0.3, -0.25) is 4.79 Å². The Morgan fingerprint density at radius 1 is 1.73 bits per heavy atom. The van der Waals surface area contributed by atoms with Crippen LogP contribution in [-0.2, 0) is 9.53 Å². The number of carbonyl (C=O) groups excluding carboxylic acids is 1. The van der Waals surface area contributed by atoms with Crippen molar-refractivity contribution in [1.29, 1.82) is 0 Å². The lowest BCUT2D eigenvalue weighted by Crippen LogP contribution is -2.46. The van der Waals surface area contributed by atoms with Crippen molar-refractivity contribution in [2.75, 3.05) is 13.2 Å². The zero-order chi connectivity index (χ0) is 8.27. The van der Waals surface area contributed by atoms with E-state index in [4.69, 9.17) is 4.74 Å². The molecule has 1 aliphatic rings. The summed E-state index contributed by atoms with van der Waals surface area (Å²) in [6, 6.07) is -0.443. The number of hydrogen-bond acceptors (Lipinski definition) is 2. The van der Waals surface area contributed by atoms with Crippen LogP contribution in [0.15, 0.2) is 0 Å². The van der Waals surface area contributed by atoms with Gasteiger partial charge in [0.25, 0.3) is 0 Å². The molecule has 3 nitrogen and oxygen atoms in total. The van der Waals surface area contributed by atoms with Gasteiger partial charge in [-0.1, -0.05) is 0 Å². The third-order valence-electron chi connectivity index (χ3n) is 1.66. The monoisotopic (exact) mass is 161 g/mol. The van der Waals surface area contributed by atoms with Crippen LogP contribution in [0.25, 0.3) is 0 Å². The summed E-state index contributed by atoms with van der Waals surface area (Å²) in [7, 11) is 0. The number of carbonyl (C=O) groups is 1. The number of amides is 1. The van der Waals surface area contributed by atoms with E-state index in [0.717, 1.165) is 0 Å². The van der Waals surface area contributed by atoms with Crippen LogP contribution in [0.4, 0.5) is 4.39 Å². The van der Waals surface area contributed by atoms with E-state index in [1.165, 1.54) is 6.92 Å². The lowest BCUT2D eigenvalue weighted by atomic mass is 10.1. The van der Waals surface area contributed by atoms with Crippen LogP contribution in [0.3, 0.4) is 0 Å². The maximum absolute atomic E-state index is 12.9. The number of halogens is 1. The Labute approximate surface area is 64.9 Å². The Morgan fingerprint density at radius 2 is 2.45 bits per heavy atom. The van der Waals surface area contributed by atoms with Crippen molar-refractivity contribution in [2.24, 2.45) is 0 Å². The fourth-order valence-electron chi connectivity index (χ4n) is 1.10. The van der Waals surface area contributed by atoms with E-state index in [9.17, 15) is 9.18 Å². The molecule has 0 saturated carbocycles. The SMILES string of the molecule is CC(=O)NC1COCCC1F. The molecular formula is C7H12FNO2. The van der Waals surface area contributed by atoms with E-state index in [1.54, 1.807) is 0 Å². The smallest absolute Gasteiger partial charge is 0.217 e. The highest BCUT2D eigenvalue weighted by Gasteiger charge is 2.25. The first-order valence-electron chi connectivity index (χ1n) is 3.69. The van der Waals surface area contributed by atoms with Crippen LogP contribution in [-0.4, -0.2) is 31.3 Å². The number of alkyl halides is 1. The molecule has 0 aromatic heterocycles. The van der Waals surface area contributed by atoms with Crippen molar-refractivity contribution >= 4 is 5.91 Å². The molecule has 0 aromatic carbocycles. The summed E-state index contributed by atoms with van der Waals surface area (Å²) in [6.07, 6.45) is -0.571. The van der Waals surface area contributed by atoms with Gasteiger partial charge < -0.3 is 10.1 Å². The van der Waals surface area contributed by atoms with Gasteiger partial charge in [0.1, 0.15) is 6.17 Å². The molecule has 0 spiro atoms. The molecule has 1 amide bonds. The minimum Gasteiger partial charge on any atom is -0.379 e. The van der Waals surface area contributed by atoms with Crippen LogP contribution in [0.2, 0.25) is 0 Å². The van der Waals surface area contributed by atoms with Gasteiger partial charge in [-0.2, -0.15) is 0 Å². The third kappa shape index (κ3) is 2.46. The maximum Gasteiger partial charge on any atom is 0.217 e. The second kappa shape index (κ2) is 3.67. The largest absolute Gasteiger partial charge is 0.379 e. The van der Waals surface area contributed by atoms with Crippen LogP contribution in [0.1, 0.15) is 13.3 Å². The molecule has 4 heteroatoms. The minimum absolute atomic E-state index is 0.205. The standard InChI is InChI=1S/C7H12FNO2/c1-5(10)9-7-4-11-3-2-6(7)8/h6-7H,2-4H2,1H3,(H,9,10). The Morgan fingerprint density at radius 3 is 3.00 bits per heavy atom. The molecule has 64 valence electrons. The summed E-state index contributed by atoms with van der Waals surface area (Å²) >= 11 is 0. The van der Waals surface area contributed by atoms with Crippen LogP contribution >= 0.6 is 0 Å². The number of hydrogen-bond donors (Lipinski definition) is 1. The second-order valence-electron chi connectivity index (χ2n) is 2.69. The summed E-state index contributed by atoms with van der Waals surface area (Å²) < 4.78 is 17.9. The average molecular weight is 161 g/mol. The van der Waals surface area contributed by atoms with Gasteiger partial charge in [0, 0.05) is 20.0 Å². The Kier molecular flexibility index (Phi) is 2.82. The normalized spacial score (nSPS) is 31.5. The van der Waals surface area contributed by atoms with Crippen molar-refractivity contribution in [1.82, 2.24) is 5.32 Å². The zero-order valence-corrected chi connectivity index (χ0v) is 6.47. The van der Waals surface area contributed by atoms with Crippen molar-refractivity contribution < 1.29 is 13.9 Å². The first-order valence-corrected chi connectivity index (χ1v) is 3.69. The second-order valence-corrected chi connectivity index (χ2v) is 2.69. The molecule has 2 atom stereocenters. The first kappa shape index (κ1) is 8.46. The molecule has 0 bridgehead atoms. The van der Waals surface area contributed by atoms with Crippen LogP contribution in [0, 0.1) is 0 Å². The van der Waals surface area contributed by atoms with Gasteiger partial charge in [0.05, 0.1) is 12.6 Å². The molecule has 0 radical (unpaired) electrons. The van der Waals surface area contributed by atoms with E-state index < -0.39 is 12.2 Å². The Hall–Kier alpha value is -0.640. The summed E-state index contributed by atoms with van der Waals surface area (Å²) in [5.41, 5.74) is 0. The number of nitrogens with one attached hydrogen (secondary N) is 1. The quantitative estimate of drug-likeness (QED) is 0.598. The van der Waals surface area contributed by atoms with Crippen molar-refractivity contribution in [2.45, 2.75) is 25.6 Å². The zero-order valence-electron chi connectivity index (χ0n) is 6.47. The average Bonchev–Trinajstić information content (AvgIpc) is 1.93. The molecule has 1 fully saturated rings. The molecule has 1 rings (SSSR count). The maximum atomic E-state index is 12.9. The highest BCUT2D eigenvalue weighted by Crippen LogP contribution is 2.10. The predicted molar refractivity (Wildman–Crippen MR) is 37.9 cm³/mol. The number of rotatable bonds is 1. The van der Waals surface area contributed by atoms with Crippen LogP contribution < -0.4 is 5.32 Å². The van der Waals surface area contributed by atoms with Crippen molar-refractivity contribution in [3.8, 4) is 0 Å². The fourth-order valence-corrected chi connectivity index (χ4v) is 1.10. The summed E-state index contributed by atoms with van der Waals surface area (Å²) in [4.78, 5) is 10.5. The van der Waals surface area contributed by atoms with Gasteiger partial charge in [-0.25, -0.2) is 4.39 Å². The fraction of sp³-hybridized carbons (Fsp3) is 0.857. The van der Waals surface area contributed by atoms with E-state index in [0.29, 0.717) is 19.6 Å². The third-order valence-corrected chi connectivity index (χ3v) is 1.66. The molecular weight excluding hydrogens is 149 g/mol. The van der Waals surface area contributed by atoms with Gasteiger partial charge >= 0.3 is 0 Å². The van der Waals surface area contributed by atoms with Crippen molar-refractivity contribution in [3.63, 3.8) is 0 Å². The molecule has 0 aromatic rings. The Balaban J connectivity index is 2.35. The van der Waals surface area contributed by atoms with E-state index in [-0.39, 0.29) is 5.91 Å². The van der Waals surface area contributed by atoms with E-state index in [1.807, 2.05) is 0 Å². The minimum atomic E-state index is -0.951. The predicted octanol–water partition coefficient (Wildman–Crippen LogP) is 0.250. The van der Waals surface area contributed by atoms with Gasteiger partial charge in [-0.15, -0.1) is 0 Å². The molecule has 0 aliphatic carbocycles.